The zero-order chi connectivity index (χ0) is 20.9. The summed E-state index contributed by atoms with van der Waals surface area (Å²) in [6.45, 7) is 4.99. The highest BCUT2D eigenvalue weighted by Crippen LogP contribution is 2.34. The summed E-state index contributed by atoms with van der Waals surface area (Å²) in [5, 5.41) is 10.7. The molecule has 0 amide bonds. The van der Waals surface area contributed by atoms with Gasteiger partial charge in [-0.1, -0.05) is 31.4 Å². The molecule has 2 aromatic carbocycles. The first-order chi connectivity index (χ1) is 14.7. The van der Waals surface area contributed by atoms with Gasteiger partial charge >= 0.3 is 0 Å². The molecule has 0 spiro atoms. The Kier molecular flexibility index (Phi) is 6.50. The Morgan fingerprint density at radius 3 is 2.63 bits per heavy atom. The molecule has 3 aromatic rings. The third kappa shape index (κ3) is 4.42. The van der Waals surface area contributed by atoms with Gasteiger partial charge in [0.1, 0.15) is 18.2 Å². The number of aliphatic hydroxyl groups excluding tert-OH is 1. The van der Waals surface area contributed by atoms with Crippen LogP contribution in [0.15, 0.2) is 53.7 Å². The Labute approximate surface area is 178 Å². The average molecular weight is 406 g/mol. The van der Waals surface area contributed by atoms with E-state index in [1.54, 1.807) is 0 Å². The van der Waals surface area contributed by atoms with Gasteiger partial charge in [0, 0.05) is 36.7 Å². The van der Waals surface area contributed by atoms with Crippen LogP contribution in [0.4, 0.5) is 5.69 Å². The molecule has 1 aliphatic rings. The Morgan fingerprint density at radius 2 is 1.87 bits per heavy atom. The number of aromatic nitrogens is 1. The lowest BCUT2D eigenvalue weighted by Crippen LogP contribution is -2.41. The van der Waals surface area contributed by atoms with Gasteiger partial charge < -0.3 is 14.4 Å². The Bertz CT molecular complexity index is 1000. The molecule has 4 rings (SSSR count). The first-order valence-corrected chi connectivity index (χ1v) is 10.8. The van der Waals surface area contributed by atoms with E-state index in [0.717, 1.165) is 22.6 Å². The summed E-state index contributed by atoms with van der Waals surface area (Å²) in [5.41, 5.74) is 4.20. The molecular formula is C25H31N3O2. The molecule has 0 unspecified atom stereocenters. The fraction of sp³-hybridized carbons (Fsp3) is 0.400. The Hall–Kier alpha value is -2.63. The van der Waals surface area contributed by atoms with Crippen LogP contribution in [0.1, 0.15) is 32.1 Å². The van der Waals surface area contributed by atoms with E-state index in [2.05, 4.69) is 64.8 Å². The van der Waals surface area contributed by atoms with Gasteiger partial charge in [-0.05, 0) is 61.0 Å². The molecule has 30 heavy (non-hydrogen) atoms. The number of aliphatic hydroxyl groups is 1. The summed E-state index contributed by atoms with van der Waals surface area (Å²) >= 11 is 0. The minimum absolute atomic E-state index is 0.146. The minimum Gasteiger partial charge on any atom is -0.476 e. The van der Waals surface area contributed by atoms with E-state index >= 15 is 0 Å². The third-order valence-electron chi connectivity index (χ3n) is 6.21. The zero-order valence-corrected chi connectivity index (χ0v) is 17.8. The van der Waals surface area contributed by atoms with Gasteiger partial charge in [-0.2, -0.15) is 0 Å². The van der Waals surface area contributed by atoms with Crippen molar-refractivity contribution < 1.29 is 9.84 Å². The molecule has 1 N–H and O–H groups in total. The first-order valence-electron chi connectivity index (χ1n) is 10.8. The minimum atomic E-state index is 0.146. The molecule has 0 atom stereocenters. The number of fused-ring (bicyclic) bond motifs is 1. The summed E-state index contributed by atoms with van der Waals surface area (Å²) in [6.07, 6.45) is 8.25. The van der Waals surface area contributed by atoms with Gasteiger partial charge in [0.2, 0.25) is 0 Å². The lowest BCUT2D eigenvalue weighted by Gasteiger charge is -2.33. The fourth-order valence-corrected chi connectivity index (χ4v) is 4.48. The molecule has 0 bridgehead atoms. The van der Waals surface area contributed by atoms with E-state index in [1.807, 2.05) is 12.1 Å². The monoisotopic (exact) mass is 405 g/mol. The van der Waals surface area contributed by atoms with Gasteiger partial charge in [-0.3, -0.25) is 9.89 Å². The quantitative estimate of drug-likeness (QED) is 0.417. The van der Waals surface area contributed by atoms with E-state index in [9.17, 15) is 5.11 Å². The molecule has 1 fully saturated rings. The molecule has 1 saturated carbocycles. The van der Waals surface area contributed by atoms with Crippen LogP contribution in [0.2, 0.25) is 0 Å². The number of benzene rings is 2. The number of aliphatic imine (C=N–C) groups is 1. The molecular weight excluding hydrogens is 374 g/mol. The molecule has 0 saturated heterocycles. The van der Waals surface area contributed by atoms with Crippen LogP contribution in [0, 0.1) is 0 Å². The summed E-state index contributed by atoms with van der Waals surface area (Å²) in [4.78, 5) is 6.47. The molecule has 0 radical (unpaired) electrons. The SMILES string of the molecule is C=Nc1cc(-c2ccc3c(ccn3C)c2)ccc1OCN(CCO)C1CCCCC1. The topological polar surface area (TPSA) is 50.0 Å². The summed E-state index contributed by atoms with van der Waals surface area (Å²) in [7, 11) is 2.06. The number of aryl methyl sites for hydroxylation is 1. The Balaban J connectivity index is 1.51. The lowest BCUT2D eigenvalue weighted by atomic mass is 9.94. The van der Waals surface area contributed by atoms with E-state index in [-0.39, 0.29) is 6.61 Å². The average Bonchev–Trinajstić information content (AvgIpc) is 3.17. The smallest absolute Gasteiger partial charge is 0.146 e. The first kappa shape index (κ1) is 20.6. The van der Waals surface area contributed by atoms with Crippen molar-refractivity contribution in [1.29, 1.82) is 0 Å². The second-order valence-electron chi connectivity index (χ2n) is 8.14. The van der Waals surface area contributed by atoms with Crippen molar-refractivity contribution in [3.05, 3.63) is 48.7 Å². The van der Waals surface area contributed by atoms with E-state index < -0.39 is 0 Å². The molecule has 5 heteroatoms. The van der Waals surface area contributed by atoms with E-state index in [0.29, 0.717) is 19.3 Å². The van der Waals surface area contributed by atoms with Crippen LogP contribution in [0.3, 0.4) is 0 Å². The normalized spacial score (nSPS) is 15.0. The van der Waals surface area contributed by atoms with Crippen LogP contribution in [-0.4, -0.2) is 47.2 Å². The molecule has 5 nitrogen and oxygen atoms in total. The fourth-order valence-electron chi connectivity index (χ4n) is 4.48. The van der Waals surface area contributed by atoms with E-state index in [1.165, 1.54) is 43.0 Å². The second-order valence-corrected chi connectivity index (χ2v) is 8.14. The van der Waals surface area contributed by atoms with Crippen molar-refractivity contribution in [1.82, 2.24) is 9.47 Å². The maximum Gasteiger partial charge on any atom is 0.146 e. The number of rotatable bonds is 8. The highest BCUT2D eigenvalue weighted by Gasteiger charge is 2.21. The predicted octanol–water partition coefficient (Wildman–Crippen LogP) is 5.14. The highest BCUT2D eigenvalue weighted by atomic mass is 16.5. The van der Waals surface area contributed by atoms with Gasteiger partial charge in [-0.25, -0.2) is 0 Å². The maximum absolute atomic E-state index is 9.48. The molecule has 0 aliphatic heterocycles. The highest BCUT2D eigenvalue weighted by molar-refractivity contribution is 5.86. The van der Waals surface area contributed by atoms with Crippen molar-refractivity contribution in [2.45, 2.75) is 38.1 Å². The van der Waals surface area contributed by atoms with Crippen molar-refractivity contribution in [3.63, 3.8) is 0 Å². The molecule has 1 aliphatic carbocycles. The largest absolute Gasteiger partial charge is 0.476 e. The predicted molar refractivity (Wildman–Crippen MR) is 124 cm³/mol. The van der Waals surface area contributed by atoms with Crippen molar-refractivity contribution in [3.8, 4) is 16.9 Å². The van der Waals surface area contributed by atoms with Crippen molar-refractivity contribution in [2.75, 3.05) is 19.9 Å². The molecule has 1 heterocycles. The summed E-state index contributed by atoms with van der Waals surface area (Å²) < 4.78 is 8.26. The Morgan fingerprint density at radius 1 is 1.10 bits per heavy atom. The van der Waals surface area contributed by atoms with Crippen molar-refractivity contribution >= 4 is 23.3 Å². The van der Waals surface area contributed by atoms with Crippen molar-refractivity contribution in [2.24, 2.45) is 12.0 Å². The number of ether oxygens (including phenoxy) is 1. The second kappa shape index (κ2) is 9.45. The third-order valence-corrected chi connectivity index (χ3v) is 6.21. The van der Waals surface area contributed by atoms with Crippen LogP contribution >= 0.6 is 0 Å². The maximum atomic E-state index is 9.48. The standard InChI is InChI=1S/C25H31N3O2/c1-26-23-17-20(19-8-10-24-21(16-19)12-13-27(24)2)9-11-25(23)30-18-28(14-15-29)22-6-4-3-5-7-22/h8-13,16-17,22,29H,1,3-7,14-15,18H2,2H3. The number of hydrogen-bond donors (Lipinski definition) is 1. The summed E-state index contributed by atoms with van der Waals surface area (Å²) in [5.74, 6) is 0.730. The van der Waals surface area contributed by atoms with Crippen LogP contribution in [0.25, 0.3) is 22.0 Å². The van der Waals surface area contributed by atoms with Crippen LogP contribution in [-0.2, 0) is 7.05 Å². The zero-order valence-electron chi connectivity index (χ0n) is 17.8. The van der Waals surface area contributed by atoms with Crippen LogP contribution in [0.5, 0.6) is 5.75 Å². The van der Waals surface area contributed by atoms with Gasteiger partial charge in [0.05, 0.1) is 6.61 Å². The lowest BCUT2D eigenvalue weighted by molar-refractivity contribution is 0.0503. The number of nitrogens with zero attached hydrogens (tertiary/aromatic N) is 3. The van der Waals surface area contributed by atoms with Gasteiger partial charge in [0.25, 0.3) is 0 Å². The van der Waals surface area contributed by atoms with Crippen LogP contribution < -0.4 is 4.74 Å². The molecule has 158 valence electrons. The van der Waals surface area contributed by atoms with Gasteiger partial charge in [-0.15, -0.1) is 0 Å². The number of hydrogen-bond acceptors (Lipinski definition) is 4. The summed E-state index contributed by atoms with van der Waals surface area (Å²) in [6, 6.07) is 15.2. The molecule has 1 aromatic heterocycles. The van der Waals surface area contributed by atoms with Gasteiger partial charge in [0.15, 0.2) is 0 Å². The van der Waals surface area contributed by atoms with E-state index in [4.69, 9.17) is 4.74 Å².